The van der Waals surface area contributed by atoms with Gasteiger partial charge >= 0.3 is 0 Å². The summed E-state index contributed by atoms with van der Waals surface area (Å²) >= 11 is 0. The molecule has 1 atom stereocenters. The van der Waals surface area contributed by atoms with E-state index in [2.05, 4.69) is 47.9 Å². The molecule has 0 aliphatic carbocycles. The van der Waals surface area contributed by atoms with Crippen LogP contribution in [0.2, 0.25) is 0 Å². The molecule has 0 bridgehead atoms. The van der Waals surface area contributed by atoms with Gasteiger partial charge in [0.2, 0.25) is 5.91 Å². The third kappa shape index (κ3) is 4.21. The number of hydrogen-bond acceptors (Lipinski definition) is 3. The summed E-state index contributed by atoms with van der Waals surface area (Å²) in [5.74, 6) is 0.265. The Morgan fingerprint density at radius 2 is 2.16 bits per heavy atom. The first-order chi connectivity index (χ1) is 11.8. The number of carbonyl (C=O) groups is 1. The van der Waals surface area contributed by atoms with Crippen LogP contribution in [0.5, 0.6) is 0 Å². The van der Waals surface area contributed by atoms with E-state index in [0.29, 0.717) is 0 Å². The molecule has 1 amide bonds. The lowest BCUT2D eigenvalue weighted by Crippen LogP contribution is -2.52. The molecule has 1 aliphatic heterocycles. The van der Waals surface area contributed by atoms with E-state index >= 15 is 0 Å². The van der Waals surface area contributed by atoms with Crippen molar-refractivity contribution in [1.82, 2.24) is 19.8 Å². The molecular weight excluding hydrogens is 312 g/mol. The Balaban J connectivity index is 1.58. The Morgan fingerprint density at radius 1 is 1.36 bits per heavy atom. The SMILES string of the molecule is Cn1cc(CCNC2CCCN(CC(C)(C)C)C2=O)c2cccnc21. The first kappa shape index (κ1) is 17.9. The smallest absolute Gasteiger partial charge is 0.239 e. The fraction of sp³-hybridized carbons (Fsp3) is 0.600. The number of hydrogen-bond donors (Lipinski definition) is 1. The molecule has 0 aromatic carbocycles. The molecule has 2 aromatic heterocycles. The number of aryl methyl sites for hydroxylation is 1. The number of rotatable bonds is 5. The van der Waals surface area contributed by atoms with Crippen molar-refractivity contribution in [3.8, 4) is 0 Å². The lowest BCUT2D eigenvalue weighted by molar-refractivity contribution is -0.137. The number of fused-ring (bicyclic) bond motifs is 1. The number of nitrogens with one attached hydrogen (secondary N) is 1. The number of piperidine rings is 1. The minimum Gasteiger partial charge on any atom is -0.341 e. The molecule has 1 saturated heterocycles. The van der Waals surface area contributed by atoms with Crippen LogP contribution >= 0.6 is 0 Å². The fourth-order valence-corrected chi connectivity index (χ4v) is 3.73. The van der Waals surface area contributed by atoms with E-state index in [1.54, 1.807) is 0 Å². The van der Waals surface area contributed by atoms with Gasteiger partial charge in [-0.15, -0.1) is 0 Å². The second kappa shape index (κ2) is 7.16. The molecule has 5 heteroatoms. The van der Waals surface area contributed by atoms with E-state index in [1.165, 1.54) is 10.9 Å². The highest BCUT2D eigenvalue weighted by atomic mass is 16.2. The van der Waals surface area contributed by atoms with Crippen molar-refractivity contribution >= 4 is 16.9 Å². The highest BCUT2D eigenvalue weighted by Crippen LogP contribution is 2.21. The Bertz CT molecular complexity index is 744. The lowest BCUT2D eigenvalue weighted by Gasteiger charge is -2.36. The van der Waals surface area contributed by atoms with Crippen molar-refractivity contribution in [3.63, 3.8) is 0 Å². The standard InChI is InChI=1S/C20H30N4O/c1-20(2,3)14-24-12-6-8-17(19(24)25)21-11-9-15-13-23(4)18-16(15)7-5-10-22-18/h5,7,10,13,17,21H,6,8-9,11-12,14H2,1-4H3. The zero-order chi connectivity index (χ0) is 18.0. The van der Waals surface area contributed by atoms with Gasteiger partial charge in [-0.3, -0.25) is 4.79 Å². The maximum atomic E-state index is 12.7. The van der Waals surface area contributed by atoms with E-state index in [0.717, 1.165) is 44.5 Å². The van der Waals surface area contributed by atoms with E-state index < -0.39 is 0 Å². The summed E-state index contributed by atoms with van der Waals surface area (Å²) in [6, 6.07) is 4.06. The van der Waals surface area contributed by atoms with Crippen molar-refractivity contribution in [1.29, 1.82) is 0 Å². The van der Waals surface area contributed by atoms with Gasteiger partial charge in [-0.25, -0.2) is 4.98 Å². The minimum atomic E-state index is -0.0378. The molecule has 1 aliphatic rings. The highest BCUT2D eigenvalue weighted by Gasteiger charge is 2.30. The normalized spacial score (nSPS) is 19.0. The molecular formula is C20H30N4O. The van der Waals surface area contributed by atoms with E-state index in [9.17, 15) is 4.79 Å². The van der Waals surface area contributed by atoms with Gasteiger partial charge in [-0.1, -0.05) is 20.8 Å². The van der Waals surface area contributed by atoms with Crippen LogP contribution in [0.3, 0.4) is 0 Å². The van der Waals surface area contributed by atoms with Gasteiger partial charge in [0.1, 0.15) is 5.65 Å². The third-order valence-electron chi connectivity index (χ3n) is 4.80. The van der Waals surface area contributed by atoms with Crippen molar-refractivity contribution in [2.24, 2.45) is 12.5 Å². The Labute approximate surface area is 150 Å². The fourth-order valence-electron chi connectivity index (χ4n) is 3.73. The van der Waals surface area contributed by atoms with Gasteiger partial charge < -0.3 is 14.8 Å². The number of likely N-dealkylation sites (tertiary alicyclic amines) is 1. The Kier molecular flexibility index (Phi) is 5.13. The third-order valence-corrected chi connectivity index (χ3v) is 4.80. The molecule has 1 fully saturated rings. The van der Waals surface area contributed by atoms with Crippen LogP contribution in [0.1, 0.15) is 39.2 Å². The van der Waals surface area contributed by atoms with Gasteiger partial charge in [0.15, 0.2) is 0 Å². The summed E-state index contributed by atoms with van der Waals surface area (Å²) in [4.78, 5) is 19.2. The van der Waals surface area contributed by atoms with Crippen molar-refractivity contribution in [2.75, 3.05) is 19.6 Å². The molecule has 1 unspecified atom stereocenters. The second-order valence-electron chi connectivity index (χ2n) is 8.36. The van der Waals surface area contributed by atoms with Crippen LogP contribution < -0.4 is 5.32 Å². The molecule has 136 valence electrons. The summed E-state index contributed by atoms with van der Waals surface area (Å²) in [6.07, 6.45) is 6.91. The highest BCUT2D eigenvalue weighted by molar-refractivity contribution is 5.83. The van der Waals surface area contributed by atoms with Crippen LogP contribution in [0.15, 0.2) is 24.5 Å². The minimum absolute atomic E-state index is 0.0378. The Hall–Kier alpha value is -1.88. The molecule has 2 aromatic rings. The summed E-state index contributed by atoms with van der Waals surface area (Å²) in [6.45, 7) is 9.10. The summed E-state index contributed by atoms with van der Waals surface area (Å²) in [5, 5.41) is 4.69. The molecule has 0 spiro atoms. The van der Waals surface area contributed by atoms with Crippen LogP contribution in [0.25, 0.3) is 11.0 Å². The predicted molar refractivity (Wildman–Crippen MR) is 101 cm³/mol. The molecule has 3 rings (SSSR count). The summed E-state index contributed by atoms with van der Waals surface area (Å²) < 4.78 is 2.07. The average molecular weight is 342 g/mol. The maximum absolute atomic E-state index is 12.7. The van der Waals surface area contributed by atoms with E-state index in [1.807, 2.05) is 24.2 Å². The quantitative estimate of drug-likeness (QED) is 0.909. The van der Waals surface area contributed by atoms with Gasteiger partial charge in [0.05, 0.1) is 6.04 Å². The van der Waals surface area contributed by atoms with Crippen LogP contribution in [0, 0.1) is 5.41 Å². The van der Waals surface area contributed by atoms with Crippen molar-refractivity contribution < 1.29 is 4.79 Å². The molecule has 0 saturated carbocycles. The number of aromatic nitrogens is 2. The number of amides is 1. The van der Waals surface area contributed by atoms with Gasteiger partial charge in [-0.2, -0.15) is 0 Å². The zero-order valence-electron chi connectivity index (χ0n) is 15.9. The maximum Gasteiger partial charge on any atom is 0.239 e. The van der Waals surface area contributed by atoms with E-state index in [4.69, 9.17) is 0 Å². The van der Waals surface area contributed by atoms with E-state index in [-0.39, 0.29) is 17.4 Å². The monoisotopic (exact) mass is 342 g/mol. The second-order valence-corrected chi connectivity index (χ2v) is 8.36. The first-order valence-electron chi connectivity index (χ1n) is 9.26. The summed E-state index contributed by atoms with van der Waals surface area (Å²) in [5.41, 5.74) is 2.45. The number of pyridine rings is 1. The first-order valence-corrected chi connectivity index (χ1v) is 9.26. The average Bonchev–Trinajstić information content (AvgIpc) is 2.87. The van der Waals surface area contributed by atoms with Crippen LogP contribution in [-0.2, 0) is 18.3 Å². The van der Waals surface area contributed by atoms with Gasteiger partial charge in [0, 0.05) is 37.9 Å². The predicted octanol–water partition coefficient (Wildman–Crippen LogP) is 2.74. The Morgan fingerprint density at radius 3 is 2.92 bits per heavy atom. The zero-order valence-corrected chi connectivity index (χ0v) is 15.9. The molecule has 1 N–H and O–H groups in total. The number of carbonyl (C=O) groups excluding carboxylic acids is 1. The molecule has 25 heavy (non-hydrogen) atoms. The van der Waals surface area contributed by atoms with Gasteiger partial charge in [0.25, 0.3) is 0 Å². The molecule has 5 nitrogen and oxygen atoms in total. The number of nitrogens with zero attached hydrogens (tertiary/aromatic N) is 3. The molecule has 3 heterocycles. The van der Waals surface area contributed by atoms with Crippen molar-refractivity contribution in [3.05, 3.63) is 30.1 Å². The van der Waals surface area contributed by atoms with Crippen molar-refractivity contribution in [2.45, 2.75) is 46.1 Å². The lowest BCUT2D eigenvalue weighted by atomic mass is 9.94. The molecule has 0 radical (unpaired) electrons. The summed E-state index contributed by atoms with van der Waals surface area (Å²) in [7, 11) is 2.03. The van der Waals surface area contributed by atoms with Crippen LogP contribution in [0.4, 0.5) is 0 Å². The topological polar surface area (TPSA) is 50.2 Å². The van der Waals surface area contributed by atoms with Gasteiger partial charge in [-0.05, 0) is 48.9 Å². The largest absolute Gasteiger partial charge is 0.341 e. The van der Waals surface area contributed by atoms with Crippen LogP contribution in [-0.4, -0.2) is 46.0 Å².